The van der Waals surface area contributed by atoms with Crippen LogP contribution in [0.5, 0.6) is 0 Å². The maximum absolute atomic E-state index is 12.7. The Morgan fingerprint density at radius 1 is 1.11 bits per heavy atom. The minimum atomic E-state index is -4.48. The summed E-state index contributed by atoms with van der Waals surface area (Å²) in [7, 11) is 0. The molecule has 0 fully saturated rings. The normalized spacial score (nSPS) is 15.7. The number of alkyl halides is 3. The van der Waals surface area contributed by atoms with E-state index in [4.69, 9.17) is 0 Å². The monoisotopic (exact) mass is 386 g/mol. The number of hydrogen-bond acceptors (Lipinski definition) is 3. The predicted octanol–water partition coefficient (Wildman–Crippen LogP) is 3.77. The minimum Gasteiger partial charge on any atom is -0.465 e. The first-order chi connectivity index (χ1) is 12.3. The molecule has 6 nitrogen and oxygen atoms in total. The molecule has 0 saturated heterocycles. The molecule has 0 spiro atoms. The van der Waals surface area contributed by atoms with E-state index >= 15 is 0 Å². The lowest BCUT2D eigenvalue weighted by molar-refractivity contribution is -0.139. The summed E-state index contributed by atoms with van der Waals surface area (Å²) in [5, 5.41) is 9.54. The number of imide groups is 1. The number of benzene rings is 1. The lowest BCUT2D eigenvalue weighted by atomic mass is 10.00. The molecule has 1 aromatic rings. The van der Waals surface area contributed by atoms with Crippen LogP contribution in [0, 0.1) is 0 Å². The van der Waals surface area contributed by atoms with Crippen LogP contribution in [0.2, 0.25) is 0 Å². The number of hydrogen-bond donors (Lipinski definition) is 1. The maximum atomic E-state index is 12.7. The van der Waals surface area contributed by atoms with E-state index in [1.165, 1.54) is 12.1 Å². The van der Waals surface area contributed by atoms with Crippen molar-refractivity contribution in [3.8, 4) is 0 Å². The number of carboxylic acid groups (broad SMARTS) is 1. The Bertz CT molecular complexity index is 721. The van der Waals surface area contributed by atoms with Gasteiger partial charge in [0, 0.05) is 18.5 Å². The van der Waals surface area contributed by atoms with Crippen molar-refractivity contribution in [2.24, 2.45) is 0 Å². The molecule has 1 unspecified atom stereocenters. The Kier molecular flexibility index (Phi) is 5.53. The minimum absolute atomic E-state index is 0.162. The van der Waals surface area contributed by atoms with Gasteiger partial charge in [-0.05, 0) is 39.3 Å². The van der Waals surface area contributed by atoms with Crippen LogP contribution in [0.4, 0.5) is 18.0 Å². The van der Waals surface area contributed by atoms with E-state index in [0.717, 1.165) is 9.80 Å². The van der Waals surface area contributed by atoms with Gasteiger partial charge in [0.25, 0.3) is 11.8 Å². The van der Waals surface area contributed by atoms with Crippen LogP contribution in [-0.4, -0.2) is 57.1 Å². The van der Waals surface area contributed by atoms with E-state index < -0.39 is 55.1 Å². The predicted molar refractivity (Wildman–Crippen MR) is 90.5 cm³/mol. The summed E-state index contributed by atoms with van der Waals surface area (Å²) in [5.41, 5.74) is -0.690. The third-order valence-electron chi connectivity index (χ3n) is 4.33. The van der Waals surface area contributed by atoms with E-state index in [9.17, 15) is 32.7 Å². The first kappa shape index (κ1) is 20.7. The van der Waals surface area contributed by atoms with Crippen LogP contribution in [-0.2, 0) is 0 Å². The average Bonchev–Trinajstić information content (AvgIpc) is 2.75. The number of amides is 3. The quantitative estimate of drug-likeness (QED) is 0.782. The third kappa shape index (κ3) is 4.58. The van der Waals surface area contributed by atoms with Gasteiger partial charge in [0.1, 0.15) is 0 Å². The molecule has 1 aliphatic rings. The van der Waals surface area contributed by atoms with Gasteiger partial charge in [0.2, 0.25) is 0 Å². The van der Waals surface area contributed by atoms with Gasteiger partial charge in [-0.2, -0.15) is 13.2 Å². The molecule has 0 aliphatic carbocycles. The van der Waals surface area contributed by atoms with Crippen molar-refractivity contribution in [2.45, 2.75) is 51.4 Å². The molecule has 1 aliphatic heterocycles. The number of nitrogens with zero attached hydrogens (tertiary/aromatic N) is 2. The maximum Gasteiger partial charge on any atom is 0.408 e. The molecular weight excluding hydrogens is 365 g/mol. The van der Waals surface area contributed by atoms with Gasteiger partial charge >= 0.3 is 12.3 Å². The molecule has 3 amide bonds. The van der Waals surface area contributed by atoms with Gasteiger partial charge in [-0.25, -0.2) is 4.79 Å². The van der Waals surface area contributed by atoms with E-state index in [1.807, 2.05) is 0 Å². The van der Waals surface area contributed by atoms with Crippen molar-refractivity contribution in [3.05, 3.63) is 35.4 Å². The van der Waals surface area contributed by atoms with E-state index in [-0.39, 0.29) is 11.1 Å². The molecule has 0 bridgehead atoms. The average molecular weight is 386 g/mol. The zero-order valence-corrected chi connectivity index (χ0v) is 15.2. The second-order valence-electron chi connectivity index (χ2n) is 7.40. The Balaban J connectivity index is 2.33. The Morgan fingerprint density at radius 3 is 1.96 bits per heavy atom. The highest BCUT2D eigenvalue weighted by Crippen LogP contribution is 2.29. The lowest BCUT2D eigenvalue weighted by Gasteiger charge is -2.41. The smallest absolute Gasteiger partial charge is 0.408 e. The number of carbonyl (C=O) groups is 3. The number of halogens is 3. The summed E-state index contributed by atoms with van der Waals surface area (Å²) in [4.78, 5) is 38.4. The standard InChI is InChI=1S/C18H21F3N2O4/c1-17(2,3)23(16(26)27)11(8-9-18(19,20)21)10-22-14(24)12-6-4-5-7-13(12)15(22)25/h4-7,11H,8-10H2,1-3H3,(H,26,27). The van der Waals surface area contributed by atoms with Crippen molar-refractivity contribution in [1.29, 1.82) is 0 Å². The molecule has 2 rings (SSSR count). The van der Waals surface area contributed by atoms with Gasteiger partial charge in [0.15, 0.2) is 0 Å². The Hall–Kier alpha value is -2.58. The highest BCUT2D eigenvalue weighted by Gasteiger charge is 2.42. The van der Waals surface area contributed by atoms with Crippen molar-refractivity contribution >= 4 is 17.9 Å². The summed E-state index contributed by atoms with van der Waals surface area (Å²) in [6, 6.07) is 4.88. The van der Waals surface area contributed by atoms with Gasteiger partial charge in [0.05, 0.1) is 17.2 Å². The van der Waals surface area contributed by atoms with Crippen LogP contribution in [0.3, 0.4) is 0 Å². The molecule has 1 N–H and O–H groups in total. The molecule has 0 aromatic heterocycles. The van der Waals surface area contributed by atoms with Crippen molar-refractivity contribution < 1.29 is 32.7 Å². The largest absolute Gasteiger partial charge is 0.465 e. The fourth-order valence-electron chi connectivity index (χ4n) is 3.24. The molecule has 1 atom stereocenters. The molecule has 9 heteroatoms. The fourth-order valence-corrected chi connectivity index (χ4v) is 3.24. The molecule has 1 heterocycles. The van der Waals surface area contributed by atoms with Crippen LogP contribution < -0.4 is 0 Å². The van der Waals surface area contributed by atoms with Gasteiger partial charge in [-0.3, -0.25) is 19.4 Å². The third-order valence-corrected chi connectivity index (χ3v) is 4.33. The van der Waals surface area contributed by atoms with Gasteiger partial charge < -0.3 is 5.11 Å². The zero-order valence-electron chi connectivity index (χ0n) is 15.2. The second-order valence-corrected chi connectivity index (χ2v) is 7.40. The van der Waals surface area contributed by atoms with Crippen molar-refractivity contribution in [2.75, 3.05) is 6.54 Å². The van der Waals surface area contributed by atoms with Crippen molar-refractivity contribution in [3.63, 3.8) is 0 Å². The first-order valence-electron chi connectivity index (χ1n) is 8.37. The molecular formula is C18H21F3N2O4. The summed E-state index contributed by atoms with van der Waals surface area (Å²) in [5.74, 6) is -1.27. The summed E-state index contributed by atoms with van der Waals surface area (Å²) < 4.78 is 38.2. The SMILES string of the molecule is CC(C)(C)N(C(=O)O)C(CCC(F)(F)F)CN1C(=O)c2ccccc2C1=O. The van der Waals surface area contributed by atoms with Gasteiger partial charge in [-0.15, -0.1) is 0 Å². The summed E-state index contributed by atoms with van der Waals surface area (Å²) >= 11 is 0. The van der Waals surface area contributed by atoms with E-state index in [0.29, 0.717) is 0 Å². The molecule has 1 aromatic carbocycles. The van der Waals surface area contributed by atoms with Crippen LogP contribution in [0.25, 0.3) is 0 Å². The molecule has 0 radical (unpaired) electrons. The number of carbonyl (C=O) groups excluding carboxylic acids is 2. The van der Waals surface area contributed by atoms with Gasteiger partial charge in [-0.1, -0.05) is 12.1 Å². The second kappa shape index (κ2) is 7.21. The lowest BCUT2D eigenvalue weighted by Crippen LogP contribution is -2.55. The van der Waals surface area contributed by atoms with E-state index in [1.54, 1.807) is 32.9 Å². The highest BCUT2D eigenvalue weighted by atomic mass is 19.4. The zero-order chi connectivity index (χ0) is 20.6. The van der Waals surface area contributed by atoms with Crippen LogP contribution in [0.15, 0.2) is 24.3 Å². The topological polar surface area (TPSA) is 77.9 Å². The summed E-state index contributed by atoms with van der Waals surface area (Å²) in [6.07, 6.45) is -7.67. The van der Waals surface area contributed by atoms with Crippen LogP contribution >= 0.6 is 0 Å². The summed E-state index contributed by atoms with van der Waals surface area (Å²) in [6.45, 7) is 4.20. The molecule has 148 valence electrons. The Morgan fingerprint density at radius 2 is 1.59 bits per heavy atom. The van der Waals surface area contributed by atoms with E-state index in [2.05, 4.69) is 0 Å². The van der Waals surface area contributed by atoms with Crippen LogP contribution in [0.1, 0.15) is 54.3 Å². The highest BCUT2D eigenvalue weighted by molar-refractivity contribution is 6.21. The number of fused-ring (bicyclic) bond motifs is 1. The van der Waals surface area contributed by atoms with Crippen molar-refractivity contribution in [1.82, 2.24) is 9.80 Å². The molecule has 27 heavy (non-hydrogen) atoms. The number of rotatable bonds is 5. The molecule has 0 saturated carbocycles. The Labute approximate surface area is 154 Å². The fraction of sp³-hybridized carbons (Fsp3) is 0.500. The first-order valence-corrected chi connectivity index (χ1v) is 8.37.